The van der Waals surface area contributed by atoms with Crippen LogP contribution < -0.4 is 21.0 Å². The van der Waals surface area contributed by atoms with Gasteiger partial charge in [0.2, 0.25) is 11.8 Å². The molecule has 0 unspecified atom stereocenters. The monoisotopic (exact) mass is 608 g/mol. The van der Waals surface area contributed by atoms with Crippen LogP contribution in [0.5, 0.6) is 0 Å². The van der Waals surface area contributed by atoms with Crippen LogP contribution in [-0.4, -0.2) is 49.2 Å². The van der Waals surface area contributed by atoms with E-state index >= 15 is 0 Å². The van der Waals surface area contributed by atoms with Gasteiger partial charge in [0.25, 0.3) is 0 Å². The normalized spacial score (nSPS) is 13.2. The molecule has 10 nitrogen and oxygen atoms in total. The summed E-state index contributed by atoms with van der Waals surface area (Å²) in [5.41, 5.74) is 3.74. The molecule has 1 aliphatic rings. The number of benzene rings is 3. The molecule has 3 amide bonds. The molecule has 0 saturated carbocycles. The third-order valence-electron chi connectivity index (χ3n) is 7.25. The van der Waals surface area contributed by atoms with E-state index in [4.69, 9.17) is 9.15 Å². The largest absolute Gasteiger partial charge is 0.468 e. The van der Waals surface area contributed by atoms with E-state index in [0.717, 1.165) is 35.4 Å². The molecule has 0 atom stereocenters. The first kappa shape index (κ1) is 31.5. The van der Waals surface area contributed by atoms with Gasteiger partial charge in [0.1, 0.15) is 12.4 Å². The lowest BCUT2D eigenvalue weighted by atomic mass is 10.0. The van der Waals surface area contributed by atoms with Crippen molar-refractivity contribution < 1.29 is 23.5 Å². The molecule has 0 bridgehead atoms. The van der Waals surface area contributed by atoms with Crippen molar-refractivity contribution in [1.29, 1.82) is 0 Å². The third-order valence-corrected chi connectivity index (χ3v) is 7.25. The minimum atomic E-state index is -0.531. The number of para-hydroxylation sites is 1. The van der Waals surface area contributed by atoms with Crippen molar-refractivity contribution in [1.82, 2.24) is 10.3 Å². The fourth-order valence-electron chi connectivity index (χ4n) is 5.06. The smallest absolute Gasteiger partial charge is 0.429 e. The molecule has 1 aliphatic heterocycles. The molecule has 4 aromatic rings. The first-order valence-electron chi connectivity index (χ1n) is 15.2. The molecule has 1 saturated heterocycles. The van der Waals surface area contributed by atoms with E-state index in [9.17, 15) is 14.4 Å². The number of hydrogen-bond donors (Lipinski definition) is 3. The molecule has 45 heavy (non-hydrogen) atoms. The topological polar surface area (TPSA) is 116 Å². The number of nitrogens with zero attached hydrogens (tertiary/aromatic N) is 2. The van der Waals surface area contributed by atoms with Gasteiger partial charge >= 0.3 is 6.09 Å². The Morgan fingerprint density at radius 2 is 1.51 bits per heavy atom. The highest BCUT2D eigenvalue weighted by molar-refractivity contribution is 5.95. The van der Waals surface area contributed by atoms with Gasteiger partial charge in [0.15, 0.2) is 0 Å². The Hall–Kier alpha value is -4.93. The summed E-state index contributed by atoms with van der Waals surface area (Å²) < 4.78 is 10.9. The number of hydrogen-bond acceptors (Lipinski definition) is 7. The Bertz CT molecular complexity index is 1540. The lowest BCUT2D eigenvalue weighted by Gasteiger charge is -2.37. The summed E-state index contributed by atoms with van der Waals surface area (Å²) in [6.07, 6.45) is 5.28. The van der Waals surface area contributed by atoms with Crippen molar-refractivity contribution >= 4 is 35.0 Å². The molecule has 233 valence electrons. The standard InChI is InChI=1S/C35H38N5O5/c41-33(18-20-36-26-30-15-10-23-44-30)37-28-13-9-14-29(25-28)38-34(42)19-24-45-35(43)40(39-21-7-2-8-22-39)32-17-6-5-16-31(32)27-11-3-1-4-12-27/h1-6,9-17,23,25,36H,7-8,18-22,24,26H2,(H,37,41)(H,38,42). The number of ether oxygens (including phenoxy) is 1. The van der Waals surface area contributed by atoms with Crippen LogP contribution in [0.4, 0.5) is 21.9 Å². The van der Waals surface area contributed by atoms with Crippen molar-refractivity contribution in [2.75, 3.05) is 41.9 Å². The van der Waals surface area contributed by atoms with E-state index in [2.05, 4.69) is 22.4 Å². The van der Waals surface area contributed by atoms with Crippen molar-refractivity contribution in [2.45, 2.75) is 32.2 Å². The van der Waals surface area contributed by atoms with Gasteiger partial charge in [-0.1, -0.05) is 54.6 Å². The summed E-state index contributed by atoms with van der Waals surface area (Å²) in [4.78, 5) is 38.7. The second-order valence-corrected chi connectivity index (χ2v) is 10.6. The van der Waals surface area contributed by atoms with Crippen molar-refractivity contribution in [3.63, 3.8) is 0 Å². The van der Waals surface area contributed by atoms with E-state index in [-0.39, 0.29) is 31.3 Å². The van der Waals surface area contributed by atoms with Crippen LogP contribution in [-0.2, 0) is 20.9 Å². The van der Waals surface area contributed by atoms with Crippen LogP contribution in [0.2, 0.25) is 0 Å². The van der Waals surface area contributed by atoms with Crippen LogP contribution >= 0.6 is 0 Å². The van der Waals surface area contributed by atoms with Crippen LogP contribution in [0.1, 0.15) is 31.4 Å². The van der Waals surface area contributed by atoms with Gasteiger partial charge in [0.05, 0.1) is 24.9 Å². The summed E-state index contributed by atoms with van der Waals surface area (Å²) in [6.45, 7) is 2.33. The fourth-order valence-corrected chi connectivity index (χ4v) is 5.06. The molecule has 2 heterocycles. The quantitative estimate of drug-likeness (QED) is 0.154. The first-order valence-corrected chi connectivity index (χ1v) is 15.2. The second kappa shape index (κ2) is 16.2. The fraction of sp³-hybridized carbons (Fsp3) is 0.257. The van der Waals surface area contributed by atoms with E-state index in [0.29, 0.717) is 37.6 Å². The average molecular weight is 609 g/mol. The van der Waals surface area contributed by atoms with Gasteiger partial charge in [0, 0.05) is 43.0 Å². The zero-order valence-corrected chi connectivity index (χ0v) is 25.1. The molecule has 1 aromatic heterocycles. The summed E-state index contributed by atoms with van der Waals surface area (Å²) in [7, 11) is 0. The van der Waals surface area contributed by atoms with E-state index in [1.54, 1.807) is 35.5 Å². The Morgan fingerprint density at radius 1 is 0.800 bits per heavy atom. The molecule has 0 spiro atoms. The lowest BCUT2D eigenvalue weighted by Crippen LogP contribution is -2.49. The molecule has 1 fully saturated rings. The molecular weight excluding hydrogens is 570 g/mol. The summed E-state index contributed by atoms with van der Waals surface area (Å²) >= 11 is 0. The van der Waals surface area contributed by atoms with Crippen LogP contribution in [0, 0.1) is 6.42 Å². The molecule has 10 heteroatoms. The maximum Gasteiger partial charge on any atom is 0.429 e. The predicted molar refractivity (Wildman–Crippen MR) is 174 cm³/mol. The zero-order chi connectivity index (χ0) is 31.3. The Labute approximate surface area is 263 Å². The van der Waals surface area contributed by atoms with E-state index in [1.165, 1.54) is 0 Å². The maximum atomic E-state index is 13.5. The lowest BCUT2D eigenvalue weighted by molar-refractivity contribution is -0.117. The van der Waals surface area contributed by atoms with Crippen LogP contribution in [0.15, 0.2) is 102 Å². The number of anilines is 3. The van der Waals surface area contributed by atoms with Gasteiger partial charge in [-0.3, -0.25) is 9.59 Å². The molecule has 3 aromatic carbocycles. The SMILES string of the molecule is O=C(CCNCc1ccco1)Nc1cccc(NC(=O)CCOC(=O)N(c2ccccc2-c2ccccc2)N2CC[CH]CC2)c1. The van der Waals surface area contributed by atoms with Crippen LogP contribution in [0.25, 0.3) is 11.1 Å². The number of carbonyl (C=O) groups is 3. The number of furan rings is 1. The van der Waals surface area contributed by atoms with E-state index < -0.39 is 6.09 Å². The number of piperidine rings is 1. The highest BCUT2D eigenvalue weighted by Gasteiger charge is 2.28. The number of carbonyl (C=O) groups excluding carboxylic acids is 3. The summed E-state index contributed by atoms with van der Waals surface area (Å²) in [6, 6.07) is 28.3. The number of hydrazine groups is 1. The van der Waals surface area contributed by atoms with Gasteiger partial charge in [-0.2, -0.15) is 0 Å². The summed E-state index contributed by atoms with van der Waals surface area (Å²) in [5, 5.41) is 12.4. The Kier molecular flexibility index (Phi) is 11.4. The highest BCUT2D eigenvalue weighted by Crippen LogP contribution is 2.33. The van der Waals surface area contributed by atoms with Gasteiger partial charge in [-0.15, -0.1) is 0 Å². The molecule has 0 aliphatic carbocycles. The summed E-state index contributed by atoms with van der Waals surface area (Å²) in [5.74, 6) is 0.347. The van der Waals surface area contributed by atoms with Crippen molar-refractivity contribution in [3.05, 3.63) is 109 Å². The van der Waals surface area contributed by atoms with E-state index in [1.807, 2.05) is 71.7 Å². The zero-order valence-electron chi connectivity index (χ0n) is 25.1. The minimum Gasteiger partial charge on any atom is -0.468 e. The third kappa shape index (κ3) is 9.28. The second-order valence-electron chi connectivity index (χ2n) is 10.6. The molecule has 5 rings (SSSR count). The number of rotatable bonds is 13. The van der Waals surface area contributed by atoms with Gasteiger partial charge in [-0.25, -0.2) is 14.8 Å². The van der Waals surface area contributed by atoms with Crippen LogP contribution in [0.3, 0.4) is 0 Å². The minimum absolute atomic E-state index is 0.0222. The number of amides is 3. The molecular formula is C35H38N5O5. The molecule has 1 radical (unpaired) electrons. The van der Waals surface area contributed by atoms with Gasteiger partial charge in [-0.05, 0) is 61.2 Å². The predicted octanol–water partition coefficient (Wildman–Crippen LogP) is 6.25. The van der Waals surface area contributed by atoms with Gasteiger partial charge < -0.3 is 25.1 Å². The molecule has 3 N–H and O–H groups in total. The first-order chi connectivity index (χ1) is 22.1. The average Bonchev–Trinajstić information content (AvgIpc) is 3.58. The Balaban J connectivity index is 1.13. The maximum absolute atomic E-state index is 13.5. The van der Waals surface area contributed by atoms with Crippen molar-refractivity contribution in [3.8, 4) is 11.1 Å². The Morgan fingerprint density at radius 3 is 2.24 bits per heavy atom. The number of nitrogens with one attached hydrogen (secondary N) is 3. The van der Waals surface area contributed by atoms with Crippen molar-refractivity contribution in [2.24, 2.45) is 0 Å². The highest BCUT2D eigenvalue weighted by atomic mass is 16.6.